The minimum Gasteiger partial charge on any atom is -0.338 e. The molecule has 120 valence electrons. The van der Waals surface area contributed by atoms with Gasteiger partial charge in [0.05, 0.1) is 10.6 Å². The Morgan fingerprint density at radius 3 is 2.65 bits per heavy atom. The number of rotatable bonds is 2. The highest BCUT2D eigenvalue weighted by Crippen LogP contribution is 2.32. The first-order valence-corrected chi connectivity index (χ1v) is 7.85. The fourth-order valence-electron chi connectivity index (χ4n) is 3.02. The summed E-state index contributed by atoms with van der Waals surface area (Å²) in [5.74, 6) is -1.41. The monoisotopic (exact) mass is 335 g/mol. The third kappa shape index (κ3) is 2.95. The van der Waals surface area contributed by atoms with Gasteiger partial charge < -0.3 is 4.90 Å². The van der Waals surface area contributed by atoms with E-state index in [1.54, 1.807) is 36.1 Å². The average molecular weight is 336 g/mol. The Balaban J connectivity index is 1.84. The zero-order valence-corrected chi connectivity index (χ0v) is 13.4. The molecule has 0 aliphatic carbocycles. The molecule has 3 rings (SSSR count). The van der Waals surface area contributed by atoms with Crippen LogP contribution in [0, 0.1) is 18.6 Å². The lowest BCUT2D eigenvalue weighted by molar-refractivity contribution is 0.0786. The van der Waals surface area contributed by atoms with E-state index >= 15 is 0 Å². The fourth-order valence-corrected chi connectivity index (χ4v) is 3.25. The molecule has 1 atom stereocenters. The van der Waals surface area contributed by atoms with E-state index in [2.05, 4.69) is 0 Å². The van der Waals surface area contributed by atoms with Crippen molar-refractivity contribution in [1.29, 1.82) is 0 Å². The molecule has 2 aromatic rings. The number of hydrogen-bond donors (Lipinski definition) is 0. The summed E-state index contributed by atoms with van der Waals surface area (Å²) in [6, 6.07) is 9.35. The van der Waals surface area contributed by atoms with Crippen LogP contribution in [0.3, 0.4) is 0 Å². The Kier molecular flexibility index (Phi) is 4.35. The minimum atomic E-state index is -0.625. The van der Waals surface area contributed by atoms with Gasteiger partial charge in [-0.1, -0.05) is 35.9 Å². The summed E-state index contributed by atoms with van der Waals surface area (Å²) in [6.45, 7) is 2.55. The summed E-state index contributed by atoms with van der Waals surface area (Å²) < 4.78 is 27.9. The van der Waals surface area contributed by atoms with Gasteiger partial charge in [0.15, 0.2) is 0 Å². The van der Waals surface area contributed by atoms with E-state index in [4.69, 9.17) is 11.6 Å². The van der Waals surface area contributed by atoms with Crippen LogP contribution >= 0.6 is 11.6 Å². The van der Waals surface area contributed by atoms with Gasteiger partial charge in [0.2, 0.25) is 0 Å². The second-order valence-electron chi connectivity index (χ2n) is 5.81. The molecule has 0 saturated carbocycles. The number of carbonyl (C=O) groups is 1. The lowest BCUT2D eigenvalue weighted by Gasteiger charge is -2.18. The van der Waals surface area contributed by atoms with Crippen molar-refractivity contribution in [3.05, 3.63) is 69.7 Å². The van der Waals surface area contributed by atoms with E-state index in [9.17, 15) is 13.6 Å². The van der Waals surface area contributed by atoms with Gasteiger partial charge in [-0.15, -0.1) is 0 Å². The highest BCUT2D eigenvalue weighted by atomic mass is 35.5. The maximum Gasteiger partial charge on any atom is 0.258 e. The molecule has 23 heavy (non-hydrogen) atoms. The second-order valence-corrected chi connectivity index (χ2v) is 6.19. The summed E-state index contributed by atoms with van der Waals surface area (Å²) >= 11 is 6.10. The van der Waals surface area contributed by atoms with Crippen molar-refractivity contribution in [2.24, 2.45) is 0 Å². The van der Waals surface area contributed by atoms with Crippen molar-refractivity contribution in [2.75, 3.05) is 13.1 Å². The molecular weight excluding hydrogens is 320 g/mol. The van der Waals surface area contributed by atoms with Crippen LogP contribution in [0.15, 0.2) is 36.4 Å². The Bertz CT molecular complexity index is 763. The van der Waals surface area contributed by atoms with Crippen LogP contribution in [0.1, 0.15) is 33.8 Å². The lowest BCUT2D eigenvalue weighted by Crippen LogP contribution is -2.29. The Hall–Kier alpha value is -1.94. The van der Waals surface area contributed by atoms with E-state index < -0.39 is 11.7 Å². The van der Waals surface area contributed by atoms with Gasteiger partial charge in [0.25, 0.3) is 5.91 Å². The molecule has 1 fully saturated rings. The molecule has 1 heterocycles. The number of benzene rings is 2. The summed E-state index contributed by atoms with van der Waals surface area (Å²) in [5.41, 5.74) is 1.15. The average Bonchev–Trinajstić information content (AvgIpc) is 3.01. The largest absolute Gasteiger partial charge is 0.338 e. The fraction of sp³-hybridized carbons (Fsp3) is 0.278. The molecule has 0 N–H and O–H groups in total. The van der Waals surface area contributed by atoms with Crippen molar-refractivity contribution >= 4 is 17.5 Å². The zero-order valence-electron chi connectivity index (χ0n) is 12.7. The lowest BCUT2D eigenvalue weighted by atomic mass is 9.98. The van der Waals surface area contributed by atoms with Crippen LogP contribution in [-0.2, 0) is 0 Å². The first kappa shape index (κ1) is 15.9. The van der Waals surface area contributed by atoms with Gasteiger partial charge in [-0.05, 0) is 36.6 Å². The van der Waals surface area contributed by atoms with Crippen molar-refractivity contribution in [3.8, 4) is 0 Å². The van der Waals surface area contributed by atoms with Crippen LogP contribution in [0.2, 0.25) is 5.02 Å². The third-order valence-corrected chi connectivity index (χ3v) is 4.81. The summed E-state index contributed by atoms with van der Waals surface area (Å²) in [4.78, 5) is 14.2. The number of carbonyl (C=O) groups excluding carboxylic acids is 1. The number of aryl methyl sites for hydroxylation is 1. The molecule has 0 aromatic heterocycles. The van der Waals surface area contributed by atoms with E-state index in [-0.39, 0.29) is 22.3 Å². The van der Waals surface area contributed by atoms with E-state index in [0.717, 1.165) is 0 Å². The summed E-state index contributed by atoms with van der Waals surface area (Å²) in [7, 11) is 0. The number of nitrogens with zero attached hydrogens (tertiary/aromatic N) is 1. The molecule has 1 saturated heterocycles. The zero-order chi connectivity index (χ0) is 16.6. The predicted molar refractivity (Wildman–Crippen MR) is 85.8 cm³/mol. The predicted octanol–water partition coefficient (Wildman–Crippen LogP) is 4.56. The van der Waals surface area contributed by atoms with Crippen LogP contribution in [0.4, 0.5) is 8.78 Å². The molecule has 1 amide bonds. The van der Waals surface area contributed by atoms with Gasteiger partial charge in [-0.3, -0.25) is 4.79 Å². The summed E-state index contributed by atoms with van der Waals surface area (Å²) in [6.07, 6.45) is 0.651. The normalized spacial score (nSPS) is 17.6. The molecular formula is C18H16ClF2NO. The SMILES string of the molecule is Cc1ccc(F)c(C(=O)N2CC[C@H](c3ccccc3F)C2)c1Cl. The smallest absolute Gasteiger partial charge is 0.258 e. The molecule has 0 bridgehead atoms. The Labute approximate surface area is 138 Å². The van der Waals surface area contributed by atoms with Crippen molar-refractivity contribution < 1.29 is 13.6 Å². The van der Waals surface area contributed by atoms with E-state index in [0.29, 0.717) is 30.6 Å². The van der Waals surface area contributed by atoms with Crippen molar-refractivity contribution in [2.45, 2.75) is 19.3 Å². The molecule has 0 spiro atoms. The van der Waals surface area contributed by atoms with Crippen molar-refractivity contribution in [3.63, 3.8) is 0 Å². The molecule has 1 aliphatic heterocycles. The highest BCUT2D eigenvalue weighted by molar-refractivity contribution is 6.34. The van der Waals surface area contributed by atoms with E-state index in [1.165, 1.54) is 12.1 Å². The molecule has 2 aromatic carbocycles. The molecule has 0 unspecified atom stereocenters. The molecule has 1 aliphatic rings. The first-order valence-electron chi connectivity index (χ1n) is 7.47. The molecule has 5 heteroatoms. The number of likely N-dealkylation sites (tertiary alicyclic amines) is 1. The number of hydrogen-bond acceptors (Lipinski definition) is 1. The Morgan fingerprint density at radius 2 is 1.91 bits per heavy atom. The van der Waals surface area contributed by atoms with Crippen LogP contribution in [0.25, 0.3) is 0 Å². The first-order chi connectivity index (χ1) is 11.0. The maximum absolute atomic E-state index is 14.0. The molecule has 2 nitrogen and oxygen atoms in total. The van der Waals surface area contributed by atoms with Gasteiger partial charge in [0, 0.05) is 19.0 Å². The van der Waals surface area contributed by atoms with Crippen molar-refractivity contribution in [1.82, 2.24) is 4.90 Å². The second kappa shape index (κ2) is 6.28. The standard InChI is InChI=1S/C18H16ClF2NO/c1-11-6-7-15(21)16(17(11)19)18(23)22-9-8-12(10-22)13-4-2-3-5-14(13)20/h2-7,12H,8-10H2,1H3/t12-/m0/s1. The summed E-state index contributed by atoms with van der Waals surface area (Å²) in [5, 5.41) is 0.143. The number of halogens is 3. The van der Waals surface area contributed by atoms with Crippen LogP contribution < -0.4 is 0 Å². The highest BCUT2D eigenvalue weighted by Gasteiger charge is 2.31. The van der Waals surface area contributed by atoms with Gasteiger partial charge in [-0.25, -0.2) is 8.78 Å². The third-order valence-electron chi connectivity index (χ3n) is 4.32. The Morgan fingerprint density at radius 1 is 1.17 bits per heavy atom. The van der Waals surface area contributed by atoms with E-state index in [1.807, 2.05) is 0 Å². The van der Waals surface area contributed by atoms with Gasteiger partial charge >= 0.3 is 0 Å². The van der Waals surface area contributed by atoms with Gasteiger partial charge in [0.1, 0.15) is 11.6 Å². The maximum atomic E-state index is 14.0. The molecule has 0 radical (unpaired) electrons. The topological polar surface area (TPSA) is 20.3 Å². The van der Waals surface area contributed by atoms with Crippen LogP contribution in [-0.4, -0.2) is 23.9 Å². The quantitative estimate of drug-likeness (QED) is 0.788. The van der Waals surface area contributed by atoms with Crippen LogP contribution in [0.5, 0.6) is 0 Å². The van der Waals surface area contributed by atoms with Gasteiger partial charge in [-0.2, -0.15) is 0 Å². The minimum absolute atomic E-state index is 0.0770. The number of amides is 1.